The number of carbonyl (C=O) groups is 1. The number of ether oxygens (including phenoxy) is 2. The van der Waals surface area contributed by atoms with Gasteiger partial charge in [-0.3, -0.25) is 4.79 Å². The van der Waals surface area contributed by atoms with Crippen molar-refractivity contribution >= 4 is 17.5 Å². The Balaban J connectivity index is 1.63. The molecule has 0 aliphatic rings. The fourth-order valence-corrected chi connectivity index (χ4v) is 2.70. The van der Waals surface area contributed by atoms with Gasteiger partial charge >= 0.3 is 0 Å². The van der Waals surface area contributed by atoms with Crippen LogP contribution in [0.3, 0.4) is 0 Å². The van der Waals surface area contributed by atoms with Crippen LogP contribution in [-0.4, -0.2) is 32.2 Å². The Kier molecular flexibility index (Phi) is 8.25. The highest BCUT2D eigenvalue weighted by atomic mass is 35.5. The molecule has 0 bridgehead atoms. The number of hydrogen-bond acceptors (Lipinski definition) is 4. The summed E-state index contributed by atoms with van der Waals surface area (Å²) in [6.07, 6.45) is 0. The Morgan fingerprint density at radius 1 is 1.08 bits per heavy atom. The van der Waals surface area contributed by atoms with E-state index in [4.69, 9.17) is 21.1 Å². The summed E-state index contributed by atoms with van der Waals surface area (Å²) in [7, 11) is 0. The highest BCUT2D eigenvalue weighted by molar-refractivity contribution is 6.31. The lowest BCUT2D eigenvalue weighted by Gasteiger charge is -2.15. The van der Waals surface area contributed by atoms with Crippen LogP contribution in [0.25, 0.3) is 0 Å². The van der Waals surface area contributed by atoms with E-state index in [2.05, 4.69) is 10.6 Å². The minimum Gasteiger partial charge on any atom is -0.494 e. The van der Waals surface area contributed by atoms with Gasteiger partial charge in [0.2, 0.25) is 5.91 Å². The minimum atomic E-state index is -0.0841. The SMILES string of the molecule is CCOc1ccc(OCCNC(=O)CN[C@@H](C)c2ccccc2Cl)cc1. The van der Waals surface area contributed by atoms with Gasteiger partial charge in [-0.15, -0.1) is 0 Å². The second-order valence-electron chi connectivity index (χ2n) is 5.73. The van der Waals surface area contributed by atoms with Crippen LogP contribution in [0.2, 0.25) is 5.02 Å². The summed E-state index contributed by atoms with van der Waals surface area (Å²) >= 11 is 6.16. The van der Waals surface area contributed by atoms with Crippen LogP contribution in [0.5, 0.6) is 11.5 Å². The summed E-state index contributed by atoms with van der Waals surface area (Å²) in [5.41, 5.74) is 0.973. The largest absolute Gasteiger partial charge is 0.494 e. The van der Waals surface area contributed by atoms with Crippen LogP contribution in [0.1, 0.15) is 25.5 Å². The van der Waals surface area contributed by atoms with Gasteiger partial charge in [0.25, 0.3) is 0 Å². The zero-order chi connectivity index (χ0) is 18.8. The first-order valence-corrected chi connectivity index (χ1v) is 9.08. The molecule has 0 aliphatic heterocycles. The maximum Gasteiger partial charge on any atom is 0.234 e. The number of halogens is 1. The van der Waals surface area contributed by atoms with Gasteiger partial charge in [-0.25, -0.2) is 0 Å². The summed E-state index contributed by atoms with van der Waals surface area (Å²) in [5.74, 6) is 1.47. The number of benzene rings is 2. The lowest BCUT2D eigenvalue weighted by Crippen LogP contribution is -2.37. The van der Waals surface area contributed by atoms with Crippen molar-refractivity contribution in [2.24, 2.45) is 0 Å². The zero-order valence-electron chi connectivity index (χ0n) is 15.1. The molecule has 26 heavy (non-hydrogen) atoms. The zero-order valence-corrected chi connectivity index (χ0v) is 15.9. The maximum atomic E-state index is 11.9. The van der Waals surface area contributed by atoms with E-state index in [-0.39, 0.29) is 18.5 Å². The molecule has 2 aromatic carbocycles. The Morgan fingerprint density at radius 2 is 1.73 bits per heavy atom. The molecule has 0 aromatic heterocycles. The Morgan fingerprint density at radius 3 is 2.38 bits per heavy atom. The average Bonchev–Trinajstić information content (AvgIpc) is 2.65. The molecule has 0 unspecified atom stereocenters. The van der Waals surface area contributed by atoms with Crippen molar-refractivity contribution < 1.29 is 14.3 Å². The van der Waals surface area contributed by atoms with Gasteiger partial charge in [-0.1, -0.05) is 29.8 Å². The van der Waals surface area contributed by atoms with Gasteiger partial charge in [-0.2, -0.15) is 0 Å². The fraction of sp³-hybridized carbons (Fsp3) is 0.350. The van der Waals surface area contributed by atoms with Crippen LogP contribution in [-0.2, 0) is 4.79 Å². The molecule has 0 saturated heterocycles. The van der Waals surface area contributed by atoms with Crippen LogP contribution >= 0.6 is 11.6 Å². The normalized spacial score (nSPS) is 11.7. The van der Waals surface area contributed by atoms with Gasteiger partial charge in [0, 0.05) is 11.1 Å². The molecule has 0 spiro atoms. The molecular formula is C20H25ClN2O3. The summed E-state index contributed by atoms with van der Waals surface area (Å²) in [6.45, 7) is 5.61. The van der Waals surface area contributed by atoms with Gasteiger partial charge in [0.15, 0.2) is 0 Å². The molecule has 0 saturated carbocycles. The van der Waals surface area contributed by atoms with E-state index in [9.17, 15) is 4.79 Å². The lowest BCUT2D eigenvalue weighted by atomic mass is 10.1. The molecule has 140 valence electrons. The second-order valence-corrected chi connectivity index (χ2v) is 6.13. The molecular weight excluding hydrogens is 352 g/mol. The summed E-state index contributed by atoms with van der Waals surface area (Å²) in [4.78, 5) is 11.9. The van der Waals surface area contributed by atoms with Crippen molar-refractivity contribution in [1.82, 2.24) is 10.6 Å². The second kappa shape index (κ2) is 10.7. The number of amides is 1. The van der Waals surface area contributed by atoms with Gasteiger partial charge in [0.05, 0.1) is 19.7 Å². The predicted molar refractivity (Wildman–Crippen MR) is 104 cm³/mol. The van der Waals surface area contributed by atoms with E-state index in [1.54, 1.807) is 0 Å². The average molecular weight is 377 g/mol. The summed E-state index contributed by atoms with van der Waals surface area (Å²) < 4.78 is 11.0. The molecule has 0 fully saturated rings. The predicted octanol–water partition coefficient (Wildman–Crippen LogP) is 3.58. The molecule has 1 atom stereocenters. The summed E-state index contributed by atoms with van der Waals surface area (Å²) in [5, 5.41) is 6.68. The monoisotopic (exact) mass is 376 g/mol. The smallest absolute Gasteiger partial charge is 0.234 e. The van der Waals surface area contributed by atoms with E-state index in [1.165, 1.54) is 0 Å². The quantitative estimate of drug-likeness (QED) is 0.622. The lowest BCUT2D eigenvalue weighted by molar-refractivity contribution is -0.120. The number of carbonyl (C=O) groups excluding carboxylic acids is 1. The molecule has 0 radical (unpaired) electrons. The maximum absolute atomic E-state index is 11.9. The first kappa shape index (κ1) is 20.1. The first-order chi connectivity index (χ1) is 12.6. The van der Waals surface area contributed by atoms with Crippen molar-refractivity contribution in [3.8, 4) is 11.5 Å². The van der Waals surface area contributed by atoms with Crippen molar-refractivity contribution in [3.63, 3.8) is 0 Å². The van der Waals surface area contributed by atoms with Crippen LogP contribution in [0.15, 0.2) is 48.5 Å². The van der Waals surface area contributed by atoms with E-state index < -0.39 is 0 Å². The van der Waals surface area contributed by atoms with E-state index in [1.807, 2.05) is 62.4 Å². The number of nitrogens with one attached hydrogen (secondary N) is 2. The standard InChI is InChI=1S/C20H25ClN2O3/c1-3-25-16-8-10-17(11-9-16)26-13-12-22-20(24)14-23-15(2)18-6-4-5-7-19(18)21/h4-11,15,23H,3,12-14H2,1-2H3,(H,22,24)/t15-/m0/s1. The van der Waals surface area contributed by atoms with Crippen LogP contribution in [0.4, 0.5) is 0 Å². The first-order valence-electron chi connectivity index (χ1n) is 8.70. The highest BCUT2D eigenvalue weighted by Gasteiger charge is 2.10. The van der Waals surface area contributed by atoms with Crippen molar-refractivity contribution in [2.45, 2.75) is 19.9 Å². The summed E-state index contributed by atoms with van der Waals surface area (Å²) in [6, 6.07) is 15.0. The Labute approximate surface area is 159 Å². The van der Waals surface area contributed by atoms with E-state index >= 15 is 0 Å². The number of rotatable bonds is 10. The van der Waals surface area contributed by atoms with E-state index in [0.29, 0.717) is 24.8 Å². The molecule has 2 aromatic rings. The molecule has 2 N–H and O–H groups in total. The van der Waals surface area contributed by atoms with Crippen molar-refractivity contribution in [3.05, 3.63) is 59.1 Å². The molecule has 6 heteroatoms. The van der Waals surface area contributed by atoms with Crippen LogP contribution < -0.4 is 20.1 Å². The molecule has 2 rings (SSSR count). The minimum absolute atomic E-state index is 0.00504. The van der Waals surface area contributed by atoms with Crippen LogP contribution in [0, 0.1) is 0 Å². The van der Waals surface area contributed by atoms with Gasteiger partial charge in [-0.05, 0) is 49.7 Å². The Bertz CT molecular complexity index is 692. The third-order valence-electron chi connectivity index (χ3n) is 3.77. The van der Waals surface area contributed by atoms with Crippen molar-refractivity contribution in [1.29, 1.82) is 0 Å². The third kappa shape index (κ3) is 6.58. The highest BCUT2D eigenvalue weighted by Crippen LogP contribution is 2.21. The molecule has 0 heterocycles. The van der Waals surface area contributed by atoms with E-state index in [0.717, 1.165) is 17.1 Å². The third-order valence-corrected chi connectivity index (χ3v) is 4.11. The topological polar surface area (TPSA) is 59.6 Å². The van der Waals surface area contributed by atoms with Gasteiger partial charge in [0.1, 0.15) is 18.1 Å². The number of hydrogen-bond donors (Lipinski definition) is 2. The molecule has 5 nitrogen and oxygen atoms in total. The fourth-order valence-electron chi connectivity index (χ4n) is 2.40. The molecule has 1 amide bonds. The van der Waals surface area contributed by atoms with Crippen molar-refractivity contribution in [2.75, 3.05) is 26.3 Å². The molecule has 0 aliphatic carbocycles. The Hall–Kier alpha value is -2.24. The van der Waals surface area contributed by atoms with Gasteiger partial charge < -0.3 is 20.1 Å².